The first-order valence-corrected chi connectivity index (χ1v) is 7.39. The highest BCUT2D eigenvalue weighted by atomic mass is 16.7. The summed E-state index contributed by atoms with van der Waals surface area (Å²) in [6.45, 7) is 2.39. The van der Waals surface area contributed by atoms with Gasteiger partial charge < -0.3 is 19.3 Å². The Labute approximate surface area is 127 Å². The van der Waals surface area contributed by atoms with Gasteiger partial charge in [-0.15, -0.1) is 0 Å². The summed E-state index contributed by atoms with van der Waals surface area (Å²) in [6.07, 6.45) is 2.76. The van der Waals surface area contributed by atoms with E-state index in [1.807, 2.05) is 0 Å². The highest BCUT2D eigenvalue weighted by molar-refractivity contribution is 6.04. The largest absolute Gasteiger partial charge is 0.454 e. The first-order chi connectivity index (χ1) is 10.7. The number of fused-ring (bicyclic) bond motifs is 2. The fraction of sp³-hybridized carbons (Fsp3) is 0.375. The van der Waals surface area contributed by atoms with Crippen molar-refractivity contribution in [1.29, 1.82) is 0 Å². The van der Waals surface area contributed by atoms with Gasteiger partial charge in [0.25, 0.3) is 5.91 Å². The molecule has 0 bridgehead atoms. The van der Waals surface area contributed by atoms with Gasteiger partial charge in [-0.2, -0.15) is 0 Å². The number of carbonyl (C=O) groups excluding carboxylic acids is 1. The number of ether oxygens (including phenoxy) is 2. The van der Waals surface area contributed by atoms with Crippen molar-refractivity contribution in [3.63, 3.8) is 0 Å². The number of benzene rings is 1. The molecular weight excluding hydrogens is 284 g/mol. The normalized spacial score (nSPS) is 18.9. The van der Waals surface area contributed by atoms with E-state index in [0.29, 0.717) is 28.8 Å². The Morgan fingerprint density at radius 2 is 2.18 bits per heavy atom. The Morgan fingerprint density at radius 1 is 1.32 bits per heavy atom. The SMILES string of the molecule is C[C@H]1CCc2onc(C(=O)Nc3ccc4c(c3)OCO4)c2C1. The fourth-order valence-electron chi connectivity index (χ4n) is 2.92. The number of anilines is 1. The van der Waals surface area contributed by atoms with Crippen molar-refractivity contribution in [2.24, 2.45) is 5.92 Å². The van der Waals surface area contributed by atoms with E-state index in [1.54, 1.807) is 18.2 Å². The zero-order valence-electron chi connectivity index (χ0n) is 12.2. The maximum absolute atomic E-state index is 12.4. The third kappa shape index (κ3) is 2.20. The van der Waals surface area contributed by atoms with Gasteiger partial charge in [-0.25, -0.2) is 0 Å². The molecule has 1 aliphatic heterocycles. The molecule has 1 aromatic heterocycles. The molecule has 0 radical (unpaired) electrons. The molecule has 1 aromatic carbocycles. The zero-order chi connectivity index (χ0) is 15.1. The van der Waals surface area contributed by atoms with Crippen LogP contribution in [0, 0.1) is 5.92 Å². The molecule has 0 fully saturated rings. The summed E-state index contributed by atoms with van der Waals surface area (Å²) in [6, 6.07) is 5.30. The van der Waals surface area contributed by atoms with E-state index < -0.39 is 0 Å². The molecule has 0 unspecified atom stereocenters. The summed E-state index contributed by atoms with van der Waals surface area (Å²) < 4.78 is 15.9. The minimum atomic E-state index is -0.252. The summed E-state index contributed by atoms with van der Waals surface area (Å²) in [4.78, 5) is 12.4. The number of rotatable bonds is 2. The van der Waals surface area contributed by atoms with Crippen LogP contribution in [-0.2, 0) is 12.8 Å². The Morgan fingerprint density at radius 3 is 3.09 bits per heavy atom. The number of hydrogen-bond acceptors (Lipinski definition) is 5. The van der Waals surface area contributed by atoms with Gasteiger partial charge >= 0.3 is 0 Å². The second kappa shape index (κ2) is 5.05. The van der Waals surface area contributed by atoms with E-state index in [-0.39, 0.29) is 12.7 Å². The lowest BCUT2D eigenvalue weighted by Crippen LogP contribution is -2.17. The number of nitrogens with zero attached hydrogens (tertiary/aromatic N) is 1. The molecule has 4 rings (SSSR count). The first-order valence-electron chi connectivity index (χ1n) is 7.39. The molecular formula is C16H16N2O4. The molecule has 2 aromatic rings. The van der Waals surface area contributed by atoms with Crippen molar-refractivity contribution in [1.82, 2.24) is 5.16 Å². The highest BCUT2D eigenvalue weighted by Gasteiger charge is 2.27. The van der Waals surface area contributed by atoms with Crippen molar-refractivity contribution < 1.29 is 18.8 Å². The van der Waals surface area contributed by atoms with E-state index in [1.165, 1.54) is 0 Å². The maximum atomic E-state index is 12.4. The van der Waals surface area contributed by atoms with Crippen molar-refractivity contribution in [2.75, 3.05) is 12.1 Å². The third-order valence-corrected chi connectivity index (χ3v) is 4.13. The lowest BCUT2D eigenvalue weighted by atomic mass is 9.88. The summed E-state index contributed by atoms with van der Waals surface area (Å²) in [5.74, 6) is 2.45. The van der Waals surface area contributed by atoms with E-state index in [4.69, 9.17) is 14.0 Å². The number of nitrogens with one attached hydrogen (secondary N) is 1. The van der Waals surface area contributed by atoms with Crippen LogP contribution in [0.4, 0.5) is 5.69 Å². The zero-order valence-corrected chi connectivity index (χ0v) is 12.2. The minimum absolute atomic E-state index is 0.210. The van der Waals surface area contributed by atoms with Crippen molar-refractivity contribution >= 4 is 11.6 Å². The molecule has 6 nitrogen and oxygen atoms in total. The van der Waals surface area contributed by atoms with E-state index in [9.17, 15) is 4.79 Å². The molecule has 0 saturated carbocycles. The molecule has 114 valence electrons. The number of aromatic nitrogens is 1. The Kier molecular flexibility index (Phi) is 3.03. The molecule has 22 heavy (non-hydrogen) atoms. The molecule has 1 aliphatic carbocycles. The summed E-state index contributed by atoms with van der Waals surface area (Å²) >= 11 is 0. The number of hydrogen-bond donors (Lipinski definition) is 1. The van der Waals surface area contributed by atoms with Crippen LogP contribution in [0.15, 0.2) is 22.7 Å². The second-order valence-electron chi connectivity index (χ2n) is 5.80. The van der Waals surface area contributed by atoms with Gasteiger partial charge in [0.05, 0.1) is 0 Å². The number of aryl methyl sites for hydroxylation is 1. The van der Waals surface area contributed by atoms with Crippen LogP contribution in [0.1, 0.15) is 35.2 Å². The Balaban J connectivity index is 1.57. The lowest BCUT2D eigenvalue weighted by molar-refractivity contribution is 0.101. The molecule has 1 N–H and O–H groups in total. The average Bonchev–Trinajstić information content (AvgIpc) is 3.12. The van der Waals surface area contributed by atoms with Gasteiger partial charge in [0, 0.05) is 23.7 Å². The van der Waals surface area contributed by atoms with Crippen LogP contribution in [0.25, 0.3) is 0 Å². The van der Waals surface area contributed by atoms with Crippen LogP contribution in [0.5, 0.6) is 11.5 Å². The molecule has 6 heteroatoms. The first kappa shape index (κ1) is 13.2. The average molecular weight is 300 g/mol. The predicted molar refractivity (Wildman–Crippen MR) is 78.2 cm³/mol. The third-order valence-electron chi connectivity index (χ3n) is 4.13. The summed E-state index contributed by atoms with van der Waals surface area (Å²) in [7, 11) is 0. The fourth-order valence-corrected chi connectivity index (χ4v) is 2.92. The smallest absolute Gasteiger partial charge is 0.278 e. The molecule has 1 atom stereocenters. The summed E-state index contributed by atoms with van der Waals surface area (Å²) in [5, 5.41) is 6.80. The number of carbonyl (C=O) groups is 1. The highest BCUT2D eigenvalue weighted by Crippen LogP contribution is 2.34. The van der Waals surface area contributed by atoms with Crippen LogP contribution >= 0.6 is 0 Å². The van der Waals surface area contributed by atoms with Crippen LogP contribution < -0.4 is 14.8 Å². The Hall–Kier alpha value is -2.50. The van der Waals surface area contributed by atoms with E-state index in [0.717, 1.165) is 30.6 Å². The Bertz CT molecular complexity index is 738. The van der Waals surface area contributed by atoms with Crippen LogP contribution in [0.2, 0.25) is 0 Å². The minimum Gasteiger partial charge on any atom is -0.454 e. The lowest BCUT2D eigenvalue weighted by Gasteiger charge is -2.16. The van der Waals surface area contributed by atoms with Crippen LogP contribution in [0.3, 0.4) is 0 Å². The van der Waals surface area contributed by atoms with E-state index in [2.05, 4.69) is 17.4 Å². The van der Waals surface area contributed by atoms with Crippen molar-refractivity contribution in [3.05, 3.63) is 35.2 Å². The number of amides is 1. The van der Waals surface area contributed by atoms with Crippen molar-refractivity contribution in [3.8, 4) is 11.5 Å². The maximum Gasteiger partial charge on any atom is 0.278 e. The van der Waals surface area contributed by atoms with Gasteiger partial charge in [-0.05, 0) is 30.9 Å². The molecule has 0 spiro atoms. The summed E-state index contributed by atoms with van der Waals surface area (Å²) in [5.41, 5.74) is 1.98. The quantitative estimate of drug-likeness (QED) is 0.923. The standard InChI is InChI=1S/C16H16N2O4/c1-9-2-4-12-11(6-9)15(18-22-12)16(19)17-10-3-5-13-14(7-10)21-8-20-13/h3,5,7,9H,2,4,6,8H2,1H3,(H,17,19)/t9-/m0/s1. The van der Waals surface area contributed by atoms with Gasteiger partial charge in [0.15, 0.2) is 17.2 Å². The second-order valence-corrected chi connectivity index (χ2v) is 5.80. The van der Waals surface area contributed by atoms with Gasteiger partial charge in [-0.1, -0.05) is 12.1 Å². The topological polar surface area (TPSA) is 73.6 Å². The molecule has 1 amide bonds. The molecule has 0 saturated heterocycles. The van der Waals surface area contributed by atoms with Gasteiger partial charge in [0.1, 0.15) is 5.76 Å². The van der Waals surface area contributed by atoms with Gasteiger partial charge in [-0.3, -0.25) is 4.79 Å². The molecule has 2 heterocycles. The van der Waals surface area contributed by atoms with Gasteiger partial charge in [0.2, 0.25) is 6.79 Å². The molecule has 2 aliphatic rings. The predicted octanol–water partition coefficient (Wildman–Crippen LogP) is 2.78. The van der Waals surface area contributed by atoms with Crippen LogP contribution in [-0.4, -0.2) is 17.9 Å². The monoisotopic (exact) mass is 300 g/mol. The van der Waals surface area contributed by atoms with E-state index >= 15 is 0 Å². The van der Waals surface area contributed by atoms with Crippen molar-refractivity contribution in [2.45, 2.75) is 26.2 Å².